The van der Waals surface area contributed by atoms with Gasteiger partial charge in [-0.3, -0.25) is 4.79 Å². The number of rotatable bonds is 4. The summed E-state index contributed by atoms with van der Waals surface area (Å²) in [5.74, 6) is -1.15. The third kappa shape index (κ3) is 2.70. The molecule has 0 radical (unpaired) electrons. The first-order valence-corrected chi connectivity index (χ1v) is 5.84. The lowest BCUT2D eigenvalue weighted by molar-refractivity contribution is -0.118. The smallest absolute Gasteiger partial charge is 0.341 e. The summed E-state index contributed by atoms with van der Waals surface area (Å²) in [6, 6.07) is 1.35. The van der Waals surface area contributed by atoms with Gasteiger partial charge in [0.1, 0.15) is 22.8 Å². The quantitative estimate of drug-likeness (QED) is 0.846. The average Bonchev–Trinajstić information content (AvgIpc) is 2.38. The monoisotopic (exact) mass is 266 g/mol. The average molecular weight is 266 g/mol. The maximum atomic E-state index is 11.8. The van der Waals surface area contributed by atoms with Gasteiger partial charge in [0.2, 0.25) is 0 Å². The summed E-state index contributed by atoms with van der Waals surface area (Å²) in [5.41, 5.74) is 1.10. The summed E-state index contributed by atoms with van der Waals surface area (Å²) in [6.07, 6.45) is 0. The van der Waals surface area contributed by atoms with Crippen LogP contribution in [0.15, 0.2) is 6.07 Å². The van der Waals surface area contributed by atoms with Crippen LogP contribution >= 0.6 is 0 Å². The van der Waals surface area contributed by atoms with E-state index in [1.54, 1.807) is 13.8 Å². The van der Waals surface area contributed by atoms with Gasteiger partial charge in [0.25, 0.3) is 0 Å². The maximum Gasteiger partial charge on any atom is 0.341 e. The molecule has 104 valence electrons. The minimum atomic E-state index is -0.675. The summed E-state index contributed by atoms with van der Waals surface area (Å²) < 4.78 is 9.81. The van der Waals surface area contributed by atoms with Gasteiger partial charge in [0.05, 0.1) is 14.2 Å². The number of aromatic hydroxyl groups is 1. The zero-order valence-corrected chi connectivity index (χ0v) is 11.7. The normalized spacial score (nSPS) is 11.8. The van der Waals surface area contributed by atoms with Gasteiger partial charge in [-0.1, -0.05) is 6.92 Å². The molecule has 1 aromatic carbocycles. The number of ketones is 1. The van der Waals surface area contributed by atoms with Crippen LogP contribution in [0, 0.1) is 6.92 Å². The van der Waals surface area contributed by atoms with Crippen LogP contribution in [0.1, 0.15) is 41.3 Å². The summed E-state index contributed by atoms with van der Waals surface area (Å²) in [6.45, 7) is 4.84. The van der Waals surface area contributed by atoms with Crippen LogP contribution in [0.4, 0.5) is 0 Å². The highest BCUT2D eigenvalue weighted by Crippen LogP contribution is 2.37. The Labute approximate surface area is 112 Å². The number of benzene rings is 1. The lowest BCUT2D eigenvalue weighted by Crippen LogP contribution is -2.15. The van der Waals surface area contributed by atoms with Crippen molar-refractivity contribution in [3.8, 4) is 11.5 Å². The lowest BCUT2D eigenvalue weighted by Gasteiger charge is -2.19. The predicted octanol–water partition coefficient (Wildman–Crippen LogP) is 2.19. The fourth-order valence-corrected chi connectivity index (χ4v) is 2.04. The first-order chi connectivity index (χ1) is 8.84. The van der Waals surface area contributed by atoms with E-state index in [1.807, 2.05) is 0 Å². The molecule has 0 aliphatic rings. The Morgan fingerprint density at radius 3 is 2.32 bits per heavy atom. The molecular weight excluding hydrogens is 248 g/mol. The van der Waals surface area contributed by atoms with E-state index in [9.17, 15) is 14.7 Å². The highest BCUT2D eigenvalue weighted by Gasteiger charge is 2.27. The van der Waals surface area contributed by atoms with Crippen LogP contribution in [0.5, 0.6) is 11.5 Å². The van der Waals surface area contributed by atoms with Gasteiger partial charge >= 0.3 is 5.97 Å². The molecule has 1 N–H and O–H groups in total. The van der Waals surface area contributed by atoms with Gasteiger partial charge in [-0.25, -0.2) is 4.79 Å². The number of methoxy groups -OCH3 is 2. The zero-order valence-electron chi connectivity index (χ0n) is 11.7. The van der Waals surface area contributed by atoms with Gasteiger partial charge in [-0.2, -0.15) is 0 Å². The second-order valence-electron chi connectivity index (χ2n) is 4.34. The minimum Gasteiger partial charge on any atom is -0.507 e. The Balaban J connectivity index is 3.66. The van der Waals surface area contributed by atoms with E-state index in [2.05, 4.69) is 4.74 Å². The summed E-state index contributed by atoms with van der Waals surface area (Å²) >= 11 is 0. The minimum absolute atomic E-state index is 0.0171. The van der Waals surface area contributed by atoms with Crippen molar-refractivity contribution in [2.75, 3.05) is 14.2 Å². The number of hydrogen-bond acceptors (Lipinski definition) is 5. The van der Waals surface area contributed by atoms with Crippen molar-refractivity contribution < 1.29 is 24.2 Å². The SMILES string of the molecule is COC(=O)c1c(O)cc(OC)c(C)c1C(C)C(C)=O. The molecule has 0 aliphatic heterocycles. The summed E-state index contributed by atoms with van der Waals surface area (Å²) in [4.78, 5) is 23.4. The number of carbonyl (C=O) groups is 2. The molecule has 1 aromatic rings. The number of ether oxygens (including phenoxy) is 2. The Morgan fingerprint density at radius 1 is 1.32 bits per heavy atom. The molecule has 19 heavy (non-hydrogen) atoms. The van der Waals surface area contributed by atoms with Gasteiger partial charge in [0.15, 0.2) is 0 Å². The second kappa shape index (κ2) is 5.73. The fraction of sp³-hybridized carbons (Fsp3) is 0.429. The van der Waals surface area contributed by atoms with Crippen LogP contribution in [-0.2, 0) is 9.53 Å². The van der Waals surface area contributed by atoms with Crippen molar-refractivity contribution in [1.29, 1.82) is 0 Å². The van der Waals surface area contributed by atoms with E-state index in [4.69, 9.17) is 4.74 Å². The van der Waals surface area contributed by atoms with Gasteiger partial charge < -0.3 is 14.6 Å². The molecule has 0 saturated carbocycles. The molecule has 0 aromatic heterocycles. The Kier molecular flexibility index (Phi) is 4.53. The first-order valence-electron chi connectivity index (χ1n) is 5.84. The topological polar surface area (TPSA) is 72.8 Å². The standard InChI is InChI=1S/C14H18O5/c1-7(9(3)15)12-8(2)11(18-4)6-10(16)13(12)14(17)19-5/h6-7,16H,1-5H3. The third-order valence-corrected chi connectivity index (χ3v) is 3.22. The molecule has 0 spiro atoms. The van der Waals surface area contributed by atoms with Crippen molar-refractivity contribution in [2.24, 2.45) is 0 Å². The molecular formula is C14H18O5. The largest absolute Gasteiger partial charge is 0.507 e. The zero-order chi connectivity index (χ0) is 14.7. The molecule has 0 bridgehead atoms. The Bertz CT molecular complexity index is 519. The molecule has 0 saturated heterocycles. The van der Waals surface area contributed by atoms with Gasteiger partial charge in [-0.05, 0) is 25.0 Å². The van der Waals surface area contributed by atoms with Crippen molar-refractivity contribution in [2.45, 2.75) is 26.7 Å². The number of Topliss-reactive ketones (excluding diaryl/α,β-unsaturated/α-hetero) is 1. The molecule has 0 amide bonds. The van der Waals surface area contributed by atoms with Gasteiger partial charge in [0, 0.05) is 12.0 Å². The van der Waals surface area contributed by atoms with E-state index in [-0.39, 0.29) is 17.1 Å². The Hall–Kier alpha value is -2.04. The molecule has 5 heteroatoms. The lowest BCUT2D eigenvalue weighted by atomic mass is 9.88. The number of carbonyl (C=O) groups excluding carboxylic acids is 2. The first kappa shape index (κ1) is 15.0. The molecule has 1 rings (SSSR count). The number of esters is 1. The molecule has 0 aliphatic carbocycles. The van der Waals surface area contributed by atoms with Gasteiger partial charge in [-0.15, -0.1) is 0 Å². The highest BCUT2D eigenvalue weighted by molar-refractivity contribution is 5.98. The fourth-order valence-electron chi connectivity index (χ4n) is 2.04. The van der Waals surface area contributed by atoms with Crippen LogP contribution < -0.4 is 4.74 Å². The van der Waals surface area contributed by atoms with E-state index < -0.39 is 11.9 Å². The maximum absolute atomic E-state index is 11.8. The molecule has 0 heterocycles. The molecule has 1 unspecified atom stereocenters. The number of phenolic OH excluding ortho intramolecular Hbond substituents is 1. The van der Waals surface area contributed by atoms with Crippen molar-refractivity contribution in [3.05, 3.63) is 22.8 Å². The van der Waals surface area contributed by atoms with Crippen LogP contribution in [0.25, 0.3) is 0 Å². The highest BCUT2D eigenvalue weighted by atomic mass is 16.5. The van der Waals surface area contributed by atoms with E-state index >= 15 is 0 Å². The van der Waals surface area contributed by atoms with Crippen molar-refractivity contribution in [3.63, 3.8) is 0 Å². The van der Waals surface area contributed by atoms with Crippen LogP contribution in [0.2, 0.25) is 0 Å². The molecule has 0 fully saturated rings. The number of phenols is 1. The summed E-state index contributed by atoms with van der Waals surface area (Å²) in [5, 5.41) is 9.97. The van der Waals surface area contributed by atoms with Crippen LogP contribution in [0.3, 0.4) is 0 Å². The second-order valence-corrected chi connectivity index (χ2v) is 4.34. The van der Waals surface area contributed by atoms with Crippen LogP contribution in [-0.4, -0.2) is 31.1 Å². The predicted molar refractivity (Wildman–Crippen MR) is 69.8 cm³/mol. The van der Waals surface area contributed by atoms with Crippen molar-refractivity contribution >= 4 is 11.8 Å². The molecule has 5 nitrogen and oxygen atoms in total. The summed E-state index contributed by atoms with van der Waals surface area (Å²) in [7, 11) is 2.69. The van der Waals surface area contributed by atoms with Crippen molar-refractivity contribution in [1.82, 2.24) is 0 Å². The van der Waals surface area contributed by atoms with E-state index in [0.717, 1.165) is 0 Å². The molecule has 1 atom stereocenters. The Morgan fingerprint density at radius 2 is 1.89 bits per heavy atom. The van der Waals surface area contributed by atoms with E-state index in [0.29, 0.717) is 16.9 Å². The third-order valence-electron chi connectivity index (χ3n) is 3.22. The number of hydrogen-bond donors (Lipinski definition) is 1. The van der Waals surface area contributed by atoms with E-state index in [1.165, 1.54) is 27.2 Å².